The lowest BCUT2D eigenvalue weighted by Crippen LogP contribution is -2.19. The number of hydrogen-bond donors (Lipinski definition) is 1. The number of aryl methyl sites for hydroxylation is 1. The molecule has 1 heterocycles. The van der Waals surface area contributed by atoms with Crippen LogP contribution < -0.4 is 10.1 Å². The van der Waals surface area contributed by atoms with Crippen molar-refractivity contribution in [3.63, 3.8) is 0 Å². The average molecular weight is 233 g/mol. The van der Waals surface area contributed by atoms with Crippen LogP contribution in [-0.2, 0) is 11.2 Å². The molecular formula is C14H19NO2. The molecule has 1 atom stereocenters. The van der Waals surface area contributed by atoms with Gasteiger partial charge in [-0.3, -0.25) is 0 Å². The van der Waals surface area contributed by atoms with Crippen molar-refractivity contribution in [2.24, 2.45) is 0 Å². The minimum absolute atomic E-state index is 0.0643. The lowest BCUT2D eigenvalue weighted by Gasteiger charge is -2.15. The molecule has 1 unspecified atom stereocenters. The smallest absolute Gasteiger partial charge is 0.142 e. The van der Waals surface area contributed by atoms with Crippen molar-refractivity contribution in [1.82, 2.24) is 0 Å². The Morgan fingerprint density at radius 1 is 1.47 bits per heavy atom. The Morgan fingerprint density at radius 3 is 3.00 bits per heavy atom. The van der Waals surface area contributed by atoms with Gasteiger partial charge in [-0.15, -0.1) is 0 Å². The van der Waals surface area contributed by atoms with E-state index in [4.69, 9.17) is 4.74 Å². The van der Waals surface area contributed by atoms with Gasteiger partial charge in [0.1, 0.15) is 12.0 Å². The molecule has 0 aromatic heterocycles. The number of carbonyl (C=O) groups is 1. The molecule has 17 heavy (non-hydrogen) atoms. The van der Waals surface area contributed by atoms with Crippen LogP contribution in [0.4, 0.5) is 5.69 Å². The molecule has 2 rings (SSSR count). The van der Waals surface area contributed by atoms with E-state index in [-0.39, 0.29) is 12.1 Å². The van der Waals surface area contributed by atoms with E-state index in [2.05, 4.69) is 11.4 Å². The lowest BCUT2D eigenvalue weighted by molar-refractivity contribution is -0.108. The molecule has 1 aromatic rings. The van der Waals surface area contributed by atoms with Gasteiger partial charge in [0.15, 0.2) is 0 Å². The topological polar surface area (TPSA) is 38.3 Å². The molecule has 0 bridgehead atoms. The maximum absolute atomic E-state index is 10.9. The minimum Gasteiger partial charge on any atom is -0.491 e. The first-order valence-corrected chi connectivity index (χ1v) is 6.20. The highest BCUT2D eigenvalue weighted by Gasteiger charge is 2.15. The van der Waals surface area contributed by atoms with Crippen LogP contribution in [0.5, 0.6) is 5.75 Å². The fourth-order valence-corrected chi connectivity index (χ4v) is 2.14. The van der Waals surface area contributed by atoms with Gasteiger partial charge in [0.2, 0.25) is 0 Å². The van der Waals surface area contributed by atoms with E-state index in [1.165, 1.54) is 5.56 Å². The fraction of sp³-hybridized carbons (Fsp3) is 0.500. The van der Waals surface area contributed by atoms with Crippen LogP contribution >= 0.6 is 0 Å². The zero-order chi connectivity index (χ0) is 12.3. The summed E-state index contributed by atoms with van der Waals surface area (Å²) in [4.78, 5) is 10.9. The molecule has 1 aliphatic heterocycles. The van der Waals surface area contributed by atoms with Gasteiger partial charge in [0, 0.05) is 11.8 Å². The van der Waals surface area contributed by atoms with E-state index in [0.717, 1.165) is 37.0 Å². The largest absolute Gasteiger partial charge is 0.491 e. The van der Waals surface area contributed by atoms with Crippen LogP contribution in [0.3, 0.4) is 0 Å². The normalized spacial score (nSPS) is 19.1. The molecule has 0 amide bonds. The van der Waals surface area contributed by atoms with Gasteiger partial charge < -0.3 is 14.8 Å². The Labute approximate surface area is 102 Å². The van der Waals surface area contributed by atoms with E-state index in [9.17, 15) is 4.79 Å². The molecule has 0 fully saturated rings. The summed E-state index contributed by atoms with van der Waals surface area (Å²) in [5.41, 5.74) is 2.31. The monoisotopic (exact) mass is 233 g/mol. The third kappa shape index (κ3) is 2.99. The molecular weight excluding hydrogens is 214 g/mol. The highest BCUT2D eigenvalue weighted by Crippen LogP contribution is 2.28. The molecule has 0 saturated heterocycles. The Hall–Kier alpha value is -1.51. The Morgan fingerprint density at radius 2 is 2.29 bits per heavy atom. The van der Waals surface area contributed by atoms with Gasteiger partial charge in [-0.1, -0.05) is 6.07 Å². The Kier molecular flexibility index (Phi) is 3.67. The van der Waals surface area contributed by atoms with Gasteiger partial charge in [-0.2, -0.15) is 0 Å². The van der Waals surface area contributed by atoms with Crippen LogP contribution in [0.15, 0.2) is 18.2 Å². The number of anilines is 1. The summed E-state index contributed by atoms with van der Waals surface area (Å²) in [5.74, 6) is 0.859. The third-order valence-electron chi connectivity index (χ3n) is 2.92. The first-order chi connectivity index (χ1) is 8.19. The van der Waals surface area contributed by atoms with E-state index >= 15 is 0 Å². The summed E-state index contributed by atoms with van der Waals surface area (Å²) < 4.78 is 5.66. The molecule has 0 saturated carbocycles. The molecule has 1 aromatic carbocycles. The molecule has 92 valence electrons. The fourth-order valence-electron chi connectivity index (χ4n) is 2.14. The van der Waals surface area contributed by atoms with Crippen molar-refractivity contribution in [3.8, 4) is 5.75 Å². The maximum Gasteiger partial charge on any atom is 0.142 e. The van der Waals surface area contributed by atoms with Crippen molar-refractivity contribution >= 4 is 12.0 Å². The summed E-state index contributed by atoms with van der Waals surface area (Å²) >= 11 is 0. The van der Waals surface area contributed by atoms with Gasteiger partial charge in [0.05, 0.1) is 12.1 Å². The Balaban J connectivity index is 2.23. The number of benzene rings is 1. The van der Waals surface area contributed by atoms with Gasteiger partial charge in [-0.05, 0) is 44.7 Å². The van der Waals surface area contributed by atoms with Crippen molar-refractivity contribution in [2.45, 2.75) is 45.3 Å². The quantitative estimate of drug-likeness (QED) is 0.816. The van der Waals surface area contributed by atoms with Gasteiger partial charge >= 0.3 is 0 Å². The summed E-state index contributed by atoms with van der Waals surface area (Å²) in [6, 6.07) is 6.03. The molecule has 3 nitrogen and oxygen atoms in total. The average Bonchev–Trinajstić information content (AvgIpc) is 2.49. The van der Waals surface area contributed by atoms with Crippen molar-refractivity contribution in [1.29, 1.82) is 0 Å². The number of nitrogens with one attached hydrogen (secondary N) is 1. The van der Waals surface area contributed by atoms with Gasteiger partial charge in [-0.25, -0.2) is 0 Å². The van der Waals surface area contributed by atoms with Crippen molar-refractivity contribution in [2.75, 3.05) is 5.32 Å². The predicted molar refractivity (Wildman–Crippen MR) is 68.6 cm³/mol. The number of hydrogen-bond acceptors (Lipinski definition) is 3. The summed E-state index contributed by atoms with van der Waals surface area (Å²) in [5, 5.41) is 3.27. The minimum atomic E-state index is -0.0643. The van der Waals surface area contributed by atoms with E-state index in [1.54, 1.807) is 0 Å². The highest BCUT2D eigenvalue weighted by molar-refractivity contribution is 5.67. The highest BCUT2D eigenvalue weighted by atomic mass is 16.5. The lowest BCUT2D eigenvalue weighted by atomic mass is 10.1. The van der Waals surface area contributed by atoms with Crippen LogP contribution in [0, 0.1) is 0 Å². The zero-order valence-corrected chi connectivity index (χ0v) is 10.4. The number of aldehydes is 1. The molecule has 0 spiro atoms. The summed E-state index contributed by atoms with van der Waals surface area (Å²) in [7, 11) is 0. The molecule has 3 heteroatoms. The second-order valence-corrected chi connectivity index (χ2v) is 4.76. The van der Waals surface area contributed by atoms with Gasteiger partial charge in [0.25, 0.3) is 0 Å². The summed E-state index contributed by atoms with van der Waals surface area (Å²) in [6.45, 7) is 4.01. The second-order valence-electron chi connectivity index (χ2n) is 4.76. The van der Waals surface area contributed by atoms with Crippen LogP contribution in [0.2, 0.25) is 0 Å². The van der Waals surface area contributed by atoms with Crippen molar-refractivity contribution < 1.29 is 9.53 Å². The maximum atomic E-state index is 10.9. The summed E-state index contributed by atoms with van der Waals surface area (Å²) in [6.07, 6.45) is 4.13. The SMILES string of the molecule is CC(C)Oc1ccc2c(c1)NC(C=O)CCC2. The number of rotatable bonds is 3. The van der Waals surface area contributed by atoms with Crippen molar-refractivity contribution in [3.05, 3.63) is 23.8 Å². The van der Waals surface area contributed by atoms with E-state index in [0.29, 0.717) is 0 Å². The van der Waals surface area contributed by atoms with Crippen LogP contribution in [-0.4, -0.2) is 18.4 Å². The zero-order valence-electron chi connectivity index (χ0n) is 10.4. The molecule has 1 aliphatic rings. The predicted octanol–water partition coefficient (Wildman–Crippen LogP) is 2.79. The van der Waals surface area contributed by atoms with E-state index < -0.39 is 0 Å². The molecule has 1 N–H and O–H groups in total. The standard InChI is InChI=1S/C14H19NO2/c1-10(2)17-13-7-6-11-4-3-5-12(9-16)15-14(11)8-13/h6-10,12,15H,3-5H2,1-2H3. The number of ether oxygens (including phenoxy) is 1. The van der Waals surface area contributed by atoms with Crippen LogP contribution in [0.1, 0.15) is 32.3 Å². The first kappa shape index (κ1) is 12.0. The van der Waals surface area contributed by atoms with Crippen LogP contribution in [0.25, 0.3) is 0 Å². The number of carbonyl (C=O) groups excluding carboxylic acids is 1. The second kappa shape index (κ2) is 5.21. The molecule has 0 radical (unpaired) electrons. The first-order valence-electron chi connectivity index (χ1n) is 6.20. The Bertz CT molecular complexity index is 401. The number of fused-ring (bicyclic) bond motifs is 1. The molecule has 0 aliphatic carbocycles. The van der Waals surface area contributed by atoms with E-state index in [1.807, 2.05) is 26.0 Å². The third-order valence-corrected chi connectivity index (χ3v) is 2.92.